The summed E-state index contributed by atoms with van der Waals surface area (Å²) in [5, 5.41) is 12.8. The van der Waals surface area contributed by atoms with Gasteiger partial charge < -0.3 is 9.88 Å². The first-order valence-corrected chi connectivity index (χ1v) is 8.47. The summed E-state index contributed by atoms with van der Waals surface area (Å²) in [5.74, 6) is -0.401. The van der Waals surface area contributed by atoms with Crippen LogP contribution in [0.2, 0.25) is 10.0 Å². The smallest absolute Gasteiger partial charge is 0.269 e. The zero-order valence-electron chi connectivity index (χ0n) is 11.9. The fourth-order valence-corrected chi connectivity index (χ4v) is 4.38. The maximum absolute atomic E-state index is 12.2. The summed E-state index contributed by atoms with van der Waals surface area (Å²) in [6.45, 7) is -0.216. The van der Waals surface area contributed by atoms with E-state index in [4.69, 9.17) is 23.2 Å². The van der Waals surface area contributed by atoms with Gasteiger partial charge in [-0.05, 0) is 30.9 Å². The van der Waals surface area contributed by atoms with Gasteiger partial charge >= 0.3 is 0 Å². The number of pyridine rings is 1. The fraction of sp³-hybridized carbons (Fsp3) is 0.267. The minimum Gasteiger partial charge on any atom is -0.315 e. The van der Waals surface area contributed by atoms with Crippen LogP contribution >= 0.6 is 34.5 Å². The van der Waals surface area contributed by atoms with Gasteiger partial charge in [-0.2, -0.15) is 5.26 Å². The molecule has 1 aliphatic rings. The topological polar surface area (TPSA) is 74.9 Å². The standard InChI is InChI=1S/C15H11Cl2N3O2S/c16-8-4-11(17)15(22)20(6-8)7-13(21)19-14-10(5-18)9-2-1-3-12(9)23-14/h4,6H,1-3,7H2,(H,19,21). The Balaban J connectivity index is 1.82. The summed E-state index contributed by atoms with van der Waals surface area (Å²) in [4.78, 5) is 25.2. The van der Waals surface area contributed by atoms with Crippen LogP contribution in [0, 0.1) is 11.3 Å². The van der Waals surface area contributed by atoms with E-state index in [1.54, 1.807) is 0 Å². The molecule has 8 heteroatoms. The second kappa shape index (κ2) is 6.36. The molecule has 0 saturated heterocycles. The molecular formula is C15H11Cl2N3O2S. The molecule has 1 N–H and O–H groups in total. The number of thiophene rings is 1. The van der Waals surface area contributed by atoms with Crippen molar-refractivity contribution in [3.05, 3.63) is 48.7 Å². The summed E-state index contributed by atoms with van der Waals surface area (Å²) in [7, 11) is 0. The van der Waals surface area contributed by atoms with Gasteiger partial charge in [0.15, 0.2) is 0 Å². The molecule has 5 nitrogen and oxygen atoms in total. The first kappa shape index (κ1) is 16.1. The summed E-state index contributed by atoms with van der Waals surface area (Å²) < 4.78 is 1.15. The number of anilines is 1. The van der Waals surface area contributed by atoms with Crippen LogP contribution in [-0.2, 0) is 24.2 Å². The van der Waals surface area contributed by atoms with Gasteiger partial charge in [-0.25, -0.2) is 0 Å². The molecule has 0 aromatic carbocycles. The van der Waals surface area contributed by atoms with Crippen molar-refractivity contribution in [1.29, 1.82) is 5.26 Å². The number of nitrogens with zero attached hydrogens (tertiary/aromatic N) is 2. The molecule has 3 rings (SSSR count). The van der Waals surface area contributed by atoms with Crippen molar-refractivity contribution >= 4 is 45.4 Å². The Morgan fingerprint density at radius 3 is 2.96 bits per heavy atom. The average Bonchev–Trinajstić information content (AvgIpc) is 3.04. The highest BCUT2D eigenvalue weighted by atomic mass is 35.5. The van der Waals surface area contributed by atoms with E-state index in [0.717, 1.165) is 34.3 Å². The quantitative estimate of drug-likeness (QED) is 0.904. The molecule has 1 aliphatic carbocycles. The van der Waals surface area contributed by atoms with Gasteiger partial charge in [-0.15, -0.1) is 11.3 Å². The number of halogens is 2. The van der Waals surface area contributed by atoms with Gasteiger partial charge in [0.1, 0.15) is 22.6 Å². The summed E-state index contributed by atoms with van der Waals surface area (Å²) in [6.07, 6.45) is 4.21. The van der Waals surface area contributed by atoms with E-state index in [-0.39, 0.29) is 16.6 Å². The molecule has 0 aliphatic heterocycles. The normalized spacial score (nSPS) is 12.7. The van der Waals surface area contributed by atoms with Crippen molar-refractivity contribution in [3.8, 4) is 6.07 Å². The number of nitriles is 1. The van der Waals surface area contributed by atoms with Crippen molar-refractivity contribution in [2.75, 3.05) is 5.32 Å². The van der Waals surface area contributed by atoms with Crippen LogP contribution in [0.4, 0.5) is 5.00 Å². The van der Waals surface area contributed by atoms with Crippen LogP contribution in [-0.4, -0.2) is 10.5 Å². The Labute approximate surface area is 146 Å². The Morgan fingerprint density at radius 1 is 1.43 bits per heavy atom. The van der Waals surface area contributed by atoms with Crippen LogP contribution in [0.1, 0.15) is 22.4 Å². The predicted molar refractivity (Wildman–Crippen MR) is 90.4 cm³/mol. The van der Waals surface area contributed by atoms with Crippen LogP contribution in [0.5, 0.6) is 0 Å². The molecule has 0 atom stereocenters. The second-order valence-corrected chi connectivity index (χ2v) is 7.11. The third-order valence-corrected chi connectivity index (χ3v) is 5.29. The van der Waals surface area contributed by atoms with Crippen molar-refractivity contribution in [3.63, 3.8) is 0 Å². The number of carbonyl (C=O) groups excluding carboxylic acids is 1. The van der Waals surface area contributed by atoms with E-state index in [1.807, 2.05) is 0 Å². The number of aromatic nitrogens is 1. The number of rotatable bonds is 3. The number of hydrogen-bond donors (Lipinski definition) is 1. The first-order valence-electron chi connectivity index (χ1n) is 6.89. The highest BCUT2D eigenvalue weighted by Gasteiger charge is 2.23. The highest BCUT2D eigenvalue weighted by molar-refractivity contribution is 7.16. The molecule has 2 aromatic heterocycles. The monoisotopic (exact) mass is 367 g/mol. The Bertz CT molecular complexity index is 895. The summed E-state index contributed by atoms with van der Waals surface area (Å²) in [5.41, 5.74) is 1.09. The lowest BCUT2D eigenvalue weighted by molar-refractivity contribution is -0.116. The minimum absolute atomic E-state index is 0.0434. The van der Waals surface area contributed by atoms with Crippen LogP contribution in [0.15, 0.2) is 17.1 Å². The fourth-order valence-electron chi connectivity index (χ4n) is 2.61. The third kappa shape index (κ3) is 3.13. The van der Waals surface area contributed by atoms with Gasteiger partial charge in [0.2, 0.25) is 5.91 Å². The van der Waals surface area contributed by atoms with Crippen molar-refractivity contribution in [1.82, 2.24) is 4.57 Å². The van der Waals surface area contributed by atoms with E-state index in [2.05, 4.69) is 11.4 Å². The number of amides is 1. The van der Waals surface area contributed by atoms with Crippen LogP contribution in [0.25, 0.3) is 0 Å². The number of carbonyl (C=O) groups is 1. The van der Waals surface area contributed by atoms with E-state index in [9.17, 15) is 14.9 Å². The average molecular weight is 368 g/mol. The molecule has 0 spiro atoms. The zero-order chi connectivity index (χ0) is 16.6. The Morgan fingerprint density at radius 2 is 2.22 bits per heavy atom. The first-order chi connectivity index (χ1) is 11.0. The summed E-state index contributed by atoms with van der Waals surface area (Å²) in [6, 6.07) is 3.49. The van der Waals surface area contributed by atoms with Crippen molar-refractivity contribution in [2.24, 2.45) is 0 Å². The SMILES string of the molecule is N#Cc1c(NC(=O)Cn2cc(Cl)cc(Cl)c2=O)sc2c1CCC2. The number of hydrogen-bond acceptors (Lipinski definition) is 4. The Hall–Kier alpha value is -1.81. The lowest BCUT2D eigenvalue weighted by atomic mass is 10.1. The van der Waals surface area contributed by atoms with Crippen LogP contribution in [0.3, 0.4) is 0 Å². The lowest BCUT2D eigenvalue weighted by Crippen LogP contribution is -2.27. The van der Waals surface area contributed by atoms with E-state index < -0.39 is 11.5 Å². The molecule has 0 bridgehead atoms. The highest BCUT2D eigenvalue weighted by Crippen LogP contribution is 2.38. The van der Waals surface area contributed by atoms with Crippen molar-refractivity contribution < 1.29 is 4.79 Å². The molecule has 2 aromatic rings. The lowest BCUT2D eigenvalue weighted by Gasteiger charge is -2.07. The van der Waals surface area contributed by atoms with Gasteiger partial charge in [-0.1, -0.05) is 23.2 Å². The van der Waals surface area contributed by atoms with E-state index in [1.165, 1.54) is 23.6 Å². The molecule has 2 heterocycles. The summed E-state index contributed by atoms with van der Waals surface area (Å²) >= 11 is 13.0. The molecule has 0 saturated carbocycles. The predicted octanol–water partition coefficient (Wildman–Crippen LogP) is 3.22. The van der Waals surface area contributed by atoms with Gasteiger partial charge in [0.25, 0.3) is 5.56 Å². The second-order valence-electron chi connectivity index (χ2n) is 5.16. The maximum atomic E-state index is 12.2. The van der Waals surface area contributed by atoms with Gasteiger partial charge in [0, 0.05) is 11.1 Å². The molecule has 0 unspecified atom stereocenters. The molecule has 23 heavy (non-hydrogen) atoms. The Kier molecular flexibility index (Phi) is 4.44. The largest absolute Gasteiger partial charge is 0.315 e. The molecule has 118 valence electrons. The third-order valence-electron chi connectivity index (χ3n) is 3.61. The van der Waals surface area contributed by atoms with Crippen molar-refractivity contribution in [2.45, 2.75) is 25.8 Å². The number of aryl methyl sites for hydroxylation is 1. The molecular weight excluding hydrogens is 357 g/mol. The van der Waals surface area contributed by atoms with E-state index in [0.29, 0.717) is 10.6 Å². The minimum atomic E-state index is -0.486. The zero-order valence-corrected chi connectivity index (χ0v) is 14.2. The van der Waals surface area contributed by atoms with E-state index >= 15 is 0 Å². The van der Waals surface area contributed by atoms with Gasteiger partial charge in [0.05, 0.1) is 10.6 Å². The van der Waals surface area contributed by atoms with Crippen LogP contribution < -0.4 is 10.9 Å². The maximum Gasteiger partial charge on any atom is 0.269 e. The molecule has 1 amide bonds. The molecule has 0 radical (unpaired) electrons. The van der Waals surface area contributed by atoms with Gasteiger partial charge in [-0.3, -0.25) is 9.59 Å². The number of fused-ring (bicyclic) bond motifs is 1. The number of nitrogens with one attached hydrogen (secondary N) is 1. The molecule has 0 fully saturated rings.